The number of nitrogens with two attached hydrogens (primary N) is 1. The van der Waals surface area contributed by atoms with E-state index in [0.29, 0.717) is 18.2 Å². The maximum absolute atomic E-state index is 11.3. The number of carboxylic acids is 1. The third-order valence-electron chi connectivity index (χ3n) is 5.95. The van der Waals surface area contributed by atoms with Gasteiger partial charge in [-0.25, -0.2) is 4.79 Å². The first-order valence-corrected chi connectivity index (χ1v) is 10.8. The molecule has 2 aromatic carbocycles. The summed E-state index contributed by atoms with van der Waals surface area (Å²) in [6, 6.07) is 16.0. The summed E-state index contributed by atoms with van der Waals surface area (Å²) < 4.78 is 37.6. The standard InChI is InChI=1S/C22H26N2O2.C2HF3O2/c23-22(25)19-3-1-2-18(14-19)17-4-6-21(7-5-17)26-9-8-24-20-12-15-10-16(11-15)13-20;3-2(4,5)1(6)7/h1-7,14-16,20,24H,8-13H2,(H2,23,25);(H,6,7). The van der Waals surface area contributed by atoms with E-state index in [0.717, 1.165) is 35.3 Å². The first kappa shape index (κ1) is 24.6. The minimum Gasteiger partial charge on any atom is -0.492 e. The molecule has 0 unspecified atom stereocenters. The summed E-state index contributed by atoms with van der Waals surface area (Å²) in [4.78, 5) is 20.2. The van der Waals surface area contributed by atoms with Gasteiger partial charge in [-0.3, -0.25) is 4.79 Å². The van der Waals surface area contributed by atoms with Crippen LogP contribution in [0.15, 0.2) is 48.5 Å². The molecule has 0 atom stereocenters. The van der Waals surface area contributed by atoms with Crippen molar-refractivity contribution in [3.8, 4) is 16.9 Å². The number of hydrogen-bond acceptors (Lipinski definition) is 4. The molecule has 0 radical (unpaired) electrons. The lowest BCUT2D eigenvalue weighted by Crippen LogP contribution is -2.44. The molecule has 178 valence electrons. The zero-order valence-electron chi connectivity index (χ0n) is 18.0. The van der Waals surface area contributed by atoms with Gasteiger partial charge < -0.3 is 20.9 Å². The molecule has 0 aliphatic heterocycles. The molecule has 3 aliphatic carbocycles. The van der Waals surface area contributed by atoms with Gasteiger partial charge in [0.1, 0.15) is 12.4 Å². The minimum absolute atomic E-state index is 0.408. The van der Waals surface area contributed by atoms with Crippen LogP contribution >= 0.6 is 0 Å². The molecular weight excluding hydrogens is 437 g/mol. The molecule has 1 amide bonds. The Morgan fingerprint density at radius 1 is 1.00 bits per heavy atom. The number of alkyl halides is 3. The van der Waals surface area contributed by atoms with E-state index in [1.807, 2.05) is 42.5 Å². The van der Waals surface area contributed by atoms with Crippen LogP contribution in [0.1, 0.15) is 36.0 Å². The second-order valence-corrected chi connectivity index (χ2v) is 8.45. The van der Waals surface area contributed by atoms with Crippen LogP contribution in [0.25, 0.3) is 11.1 Å². The van der Waals surface area contributed by atoms with E-state index in [4.69, 9.17) is 20.4 Å². The van der Waals surface area contributed by atoms with Crippen molar-refractivity contribution in [3.05, 3.63) is 54.1 Å². The van der Waals surface area contributed by atoms with Crippen LogP contribution in [-0.4, -0.2) is 42.4 Å². The molecule has 2 bridgehead atoms. The van der Waals surface area contributed by atoms with Crippen LogP contribution in [0.4, 0.5) is 13.2 Å². The van der Waals surface area contributed by atoms with E-state index >= 15 is 0 Å². The number of carboxylic acid groups (broad SMARTS) is 1. The molecule has 3 aliphatic rings. The smallest absolute Gasteiger partial charge is 0.490 e. The minimum atomic E-state index is -5.08. The predicted molar refractivity (Wildman–Crippen MR) is 117 cm³/mol. The highest BCUT2D eigenvalue weighted by Gasteiger charge is 2.38. The fourth-order valence-corrected chi connectivity index (χ4v) is 4.35. The van der Waals surface area contributed by atoms with Crippen LogP contribution in [0, 0.1) is 11.8 Å². The molecule has 5 rings (SSSR count). The first-order chi connectivity index (χ1) is 15.6. The summed E-state index contributed by atoms with van der Waals surface area (Å²) in [5.41, 5.74) is 7.89. The zero-order valence-corrected chi connectivity index (χ0v) is 18.0. The molecule has 3 fully saturated rings. The molecule has 3 saturated carbocycles. The van der Waals surface area contributed by atoms with Crippen molar-refractivity contribution in [1.82, 2.24) is 5.32 Å². The van der Waals surface area contributed by atoms with Gasteiger partial charge in [0.15, 0.2) is 0 Å². The second-order valence-electron chi connectivity index (χ2n) is 8.45. The Balaban J connectivity index is 0.000000383. The summed E-state index contributed by atoms with van der Waals surface area (Å²) in [5, 5.41) is 10.8. The second kappa shape index (κ2) is 10.7. The van der Waals surface area contributed by atoms with Crippen molar-refractivity contribution in [1.29, 1.82) is 0 Å². The van der Waals surface area contributed by atoms with Gasteiger partial charge in [0.2, 0.25) is 5.91 Å². The van der Waals surface area contributed by atoms with Crippen molar-refractivity contribution in [3.63, 3.8) is 0 Å². The van der Waals surface area contributed by atoms with Crippen molar-refractivity contribution >= 4 is 11.9 Å². The van der Waals surface area contributed by atoms with Gasteiger partial charge in [-0.1, -0.05) is 24.3 Å². The van der Waals surface area contributed by atoms with Gasteiger partial charge in [0.25, 0.3) is 0 Å². The predicted octanol–water partition coefficient (Wildman–Crippen LogP) is 4.24. The fourth-order valence-electron chi connectivity index (χ4n) is 4.35. The third-order valence-corrected chi connectivity index (χ3v) is 5.95. The Labute approximate surface area is 189 Å². The monoisotopic (exact) mass is 464 g/mol. The largest absolute Gasteiger partial charge is 0.492 e. The maximum atomic E-state index is 11.3. The number of aliphatic carboxylic acids is 1. The van der Waals surface area contributed by atoms with Crippen molar-refractivity contribution in [2.75, 3.05) is 13.2 Å². The lowest BCUT2D eigenvalue weighted by Gasteiger charge is -2.45. The van der Waals surface area contributed by atoms with Crippen LogP contribution in [0.5, 0.6) is 5.75 Å². The molecule has 0 aromatic heterocycles. The number of carbonyl (C=O) groups excluding carboxylic acids is 1. The van der Waals surface area contributed by atoms with Crippen LogP contribution in [0.2, 0.25) is 0 Å². The van der Waals surface area contributed by atoms with E-state index in [9.17, 15) is 18.0 Å². The number of nitrogens with one attached hydrogen (secondary N) is 1. The lowest BCUT2D eigenvalue weighted by molar-refractivity contribution is -0.192. The van der Waals surface area contributed by atoms with Gasteiger partial charge >= 0.3 is 12.1 Å². The molecule has 2 aromatic rings. The normalized spacial score (nSPS) is 21.2. The molecule has 0 spiro atoms. The highest BCUT2D eigenvalue weighted by molar-refractivity contribution is 5.94. The van der Waals surface area contributed by atoms with E-state index in [-0.39, 0.29) is 0 Å². The van der Waals surface area contributed by atoms with Crippen molar-refractivity contribution in [2.24, 2.45) is 17.6 Å². The van der Waals surface area contributed by atoms with E-state index < -0.39 is 18.1 Å². The summed E-state index contributed by atoms with van der Waals surface area (Å²) >= 11 is 0. The number of benzene rings is 2. The summed E-state index contributed by atoms with van der Waals surface area (Å²) in [6.45, 7) is 1.58. The summed E-state index contributed by atoms with van der Waals surface area (Å²) in [6.07, 6.45) is 0.526. The van der Waals surface area contributed by atoms with E-state index in [1.54, 1.807) is 6.07 Å². The average Bonchev–Trinajstić information content (AvgIpc) is 2.77. The number of carbonyl (C=O) groups is 2. The molecule has 33 heavy (non-hydrogen) atoms. The SMILES string of the molecule is NC(=O)c1cccc(-c2ccc(OCCNC3CC4CC(C4)C3)cc2)c1.O=C(O)C(F)(F)F. The Morgan fingerprint density at radius 2 is 1.61 bits per heavy atom. The quantitative estimate of drug-likeness (QED) is 0.532. The number of halogens is 3. The lowest BCUT2D eigenvalue weighted by atomic mass is 9.63. The van der Waals surface area contributed by atoms with E-state index in [1.165, 1.54) is 25.7 Å². The zero-order chi connectivity index (χ0) is 24.0. The van der Waals surface area contributed by atoms with Gasteiger partial charge in [-0.15, -0.1) is 0 Å². The maximum Gasteiger partial charge on any atom is 0.490 e. The fraction of sp³-hybridized carbons (Fsp3) is 0.417. The Hall–Kier alpha value is -3.07. The van der Waals surface area contributed by atoms with Crippen LogP contribution in [-0.2, 0) is 4.79 Å². The molecule has 0 heterocycles. The average molecular weight is 464 g/mol. The van der Waals surface area contributed by atoms with Crippen LogP contribution < -0.4 is 15.8 Å². The van der Waals surface area contributed by atoms with Gasteiger partial charge in [-0.2, -0.15) is 13.2 Å². The Kier molecular flexibility index (Phi) is 7.97. The number of ether oxygens (including phenoxy) is 1. The van der Waals surface area contributed by atoms with Crippen molar-refractivity contribution in [2.45, 2.75) is 37.9 Å². The molecular formula is C24H27F3N2O4. The molecule has 0 saturated heterocycles. The van der Waals surface area contributed by atoms with Crippen LogP contribution in [0.3, 0.4) is 0 Å². The summed E-state index contributed by atoms with van der Waals surface area (Å²) in [5.74, 6) is -0.337. The number of hydrogen-bond donors (Lipinski definition) is 3. The van der Waals surface area contributed by atoms with Gasteiger partial charge in [0, 0.05) is 18.2 Å². The van der Waals surface area contributed by atoms with Gasteiger partial charge in [0.05, 0.1) is 0 Å². The summed E-state index contributed by atoms with van der Waals surface area (Å²) in [7, 11) is 0. The number of primary amides is 1. The Bertz CT molecular complexity index is 947. The number of rotatable bonds is 7. The molecule has 4 N–H and O–H groups in total. The Morgan fingerprint density at radius 3 is 2.15 bits per heavy atom. The van der Waals surface area contributed by atoms with Crippen molar-refractivity contribution < 1.29 is 32.6 Å². The van der Waals surface area contributed by atoms with Gasteiger partial charge in [-0.05, 0) is 72.9 Å². The molecule has 6 nitrogen and oxygen atoms in total. The highest BCUT2D eigenvalue weighted by atomic mass is 19.4. The third kappa shape index (κ3) is 7.21. The highest BCUT2D eigenvalue weighted by Crippen LogP contribution is 2.45. The van der Waals surface area contributed by atoms with E-state index in [2.05, 4.69) is 5.32 Å². The number of amides is 1. The topological polar surface area (TPSA) is 102 Å². The number of fused-ring (bicyclic) bond motifs is 2. The molecule has 9 heteroatoms. The first-order valence-electron chi connectivity index (χ1n) is 10.8.